The first-order valence-corrected chi connectivity index (χ1v) is 11.9. The number of methoxy groups -OCH3 is 2. The lowest BCUT2D eigenvalue weighted by molar-refractivity contribution is -0.274. The van der Waals surface area contributed by atoms with Crippen molar-refractivity contribution in [2.24, 2.45) is 0 Å². The van der Waals surface area contributed by atoms with Gasteiger partial charge in [0.25, 0.3) is 0 Å². The maximum atomic E-state index is 12.3. The molecule has 3 rings (SSSR count). The third kappa shape index (κ3) is 7.66. The molecule has 0 aromatic heterocycles. The second-order valence-electron chi connectivity index (χ2n) is 7.63. The van der Waals surface area contributed by atoms with Gasteiger partial charge in [-0.05, 0) is 73.3 Å². The van der Waals surface area contributed by atoms with E-state index in [9.17, 15) is 21.6 Å². The van der Waals surface area contributed by atoms with Gasteiger partial charge >= 0.3 is 6.36 Å². The van der Waals surface area contributed by atoms with Crippen molar-refractivity contribution in [2.75, 3.05) is 33.9 Å². The predicted octanol–water partition coefficient (Wildman–Crippen LogP) is 4.14. The van der Waals surface area contributed by atoms with Crippen LogP contribution in [0.25, 0.3) is 0 Å². The Labute approximate surface area is 203 Å². The fourth-order valence-corrected chi connectivity index (χ4v) is 4.78. The van der Waals surface area contributed by atoms with Gasteiger partial charge in [-0.2, -0.15) is 0 Å². The highest BCUT2D eigenvalue weighted by Gasteiger charge is 2.31. The molecule has 0 amide bonds. The Kier molecular flexibility index (Phi) is 9.86. The number of benzene rings is 2. The number of halogens is 4. The van der Waals surface area contributed by atoms with E-state index in [-0.39, 0.29) is 23.8 Å². The van der Waals surface area contributed by atoms with Crippen molar-refractivity contribution in [3.8, 4) is 17.2 Å². The summed E-state index contributed by atoms with van der Waals surface area (Å²) in [5.41, 5.74) is 2.43. The second-order valence-corrected chi connectivity index (χ2v) is 9.39. The van der Waals surface area contributed by atoms with Crippen LogP contribution in [0.4, 0.5) is 13.2 Å². The molecule has 2 aromatic carbocycles. The van der Waals surface area contributed by atoms with E-state index in [1.54, 1.807) is 14.2 Å². The van der Waals surface area contributed by atoms with Gasteiger partial charge in [0.2, 0.25) is 10.0 Å². The first-order chi connectivity index (χ1) is 15.6. The molecule has 2 aromatic rings. The lowest BCUT2D eigenvalue weighted by Crippen LogP contribution is -2.32. The highest BCUT2D eigenvalue weighted by molar-refractivity contribution is 7.89. The summed E-state index contributed by atoms with van der Waals surface area (Å²) in [5.74, 6) is 0.950. The molecule has 0 bridgehead atoms. The van der Waals surface area contributed by atoms with Crippen LogP contribution in [0.15, 0.2) is 41.3 Å². The second kappa shape index (κ2) is 12.0. The molecule has 0 fully saturated rings. The summed E-state index contributed by atoms with van der Waals surface area (Å²) in [6.07, 6.45) is -2.50. The highest BCUT2D eigenvalue weighted by Crippen LogP contribution is 2.33. The lowest BCUT2D eigenvalue weighted by atomic mass is 9.98. The zero-order valence-corrected chi connectivity index (χ0v) is 20.5. The van der Waals surface area contributed by atoms with Crippen molar-refractivity contribution in [2.45, 2.75) is 37.1 Å². The van der Waals surface area contributed by atoms with Crippen LogP contribution in [0.2, 0.25) is 0 Å². The van der Waals surface area contributed by atoms with Crippen LogP contribution in [0.5, 0.6) is 17.2 Å². The number of fused-ring (bicyclic) bond motifs is 1. The zero-order valence-electron chi connectivity index (χ0n) is 18.9. The van der Waals surface area contributed by atoms with Crippen LogP contribution in [-0.2, 0) is 23.0 Å². The number of nitrogens with zero attached hydrogens (tertiary/aromatic N) is 1. The van der Waals surface area contributed by atoms with Gasteiger partial charge in [0, 0.05) is 19.6 Å². The molecule has 1 N–H and O–H groups in total. The van der Waals surface area contributed by atoms with Crippen molar-refractivity contribution in [3.63, 3.8) is 0 Å². The minimum absolute atomic E-state index is 0. The third-order valence-corrected chi connectivity index (χ3v) is 6.83. The van der Waals surface area contributed by atoms with E-state index >= 15 is 0 Å². The molecule has 7 nitrogen and oxygen atoms in total. The monoisotopic (exact) mass is 524 g/mol. The number of hydrogen-bond donors (Lipinski definition) is 1. The maximum absolute atomic E-state index is 12.3. The van der Waals surface area contributed by atoms with Crippen molar-refractivity contribution in [1.29, 1.82) is 0 Å². The van der Waals surface area contributed by atoms with E-state index in [4.69, 9.17) is 9.47 Å². The Bertz CT molecular complexity index is 1050. The Hall–Kier alpha value is -2.21. The van der Waals surface area contributed by atoms with Crippen molar-refractivity contribution >= 4 is 22.4 Å². The summed E-state index contributed by atoms with van der Waals surface area (Å²) >= 11 is 0. The Morgan fingerprint density at radius 2 is 1.62 bits per heavy atom. The highest BCUT2D eigenvalue weighted by atomic mass is 35.5. The summed E-state index contributed by atoms with van der Waals surface area (Å²) in [4.78, 5) is 2.19. The van der Waals surface area contributed by atoms with Gasteiger partial charge in [-0.15, -0.1) is 25.6 Å². The number of hydrogen-bond acceptors (Lipinski definition) is 6. The lowest BCUT2D eigenvalue weighted by Gasteiger charge is -2.29. The molecule has 0 atom stereocenters. The molecule has 1 aliphatic rings. The van der Waals surface area contributed by atoms with Gasteiger partial charge in [0.05, 0.1) is 19.1 Å². The molecular weight excluding hydrogens is 497 g/mol. The third-order valence-electron chi connectivity index (χ3n) is 5.36. The van der Waals surface area contributed by atoms with Crippen LogP contribution in [0.3, 0.4) is 0 Å². The average Bonchev–Trinajstić information content (AvgIpc) is 2.77. The summed E-state index contributed by atoms with van der Waals surface area (Å²) in [5, 5.41) is 0. The molecule has 0 unspecified atom stereocenters. The number of alkyl halides is 3. The molecular formula is C22H28ClF3N2O5S. The Balaban J connectivity index is 0.00000408. The van der Waals surface area contributed by atoms with Crippen LogP contribution in [-0.4, -0.2) is 53.5 Å². The van der Waals surface area contributed by atoms with Crippen molar-refractivity contribution in [3.05, 3.63) is 47.5 Å². The minimum atomic E-state index is -4.83. The summed E-state index contributed by atoms with van der Waals surface area (Å²) in [6.45, 7) is 2.74. The van der Waals surface area contributed by atoms with Gasteiger partial charge in [0.1, 0.15) is 5.75 Å². The quantitative estimate of drug-likeness (QED) is 0.471. The molecule has 1 heterocycles. The SMILES string of the molecule is COc1cc2c(cc1OC)CN(CCCCNS(=O)(=O)c1ccc(OC(F)(F)F)cc1)CC2.Cl. The van der Waals surface area contributed by atoms with Crippen LogP contribution < -0.4 is 18.9 Å². The van der Waals surface area contributed by atoms with E-state index in [0.29, 0.717) is 12.2 Å². The molecule has 0 saturated heterocycles. The fourth-order valence-electron chi connectivity index (χ4n) is 3.70. The van der Waals surface area contributed by atoms with E-state index in [1.807, 2.05) is 12.1 Å². The summed E-state index contributed by atoms with van der Waals surface area (Å²) in [6, 6.07) is 8.12. The first-order valence-electron chi connectivity index (χ1n) is 10.4. The van der Waals surface area contributed by atoms with E-state index < -0.39 is 22.1 Å². The molecule has 34 heavy (non-hydrogen) atoms. The van der Waals surface area contributed by atoms with E-state index in [2.05, 4.69) is 14.4 Å². The van der Waals surface area contributed by atoms with E-state index in [1.165, 1.54) is 11.1 Å². The van der Waals surface area contributed by atoms with Crippen LogP contribution in [0, 0.1) is 0 Å². The van der Waals surface area contributed by atoms with Crippen molar-refractivity contribution in [1.82, 2.24) is 9.62 Å². The average molecular weight is 525 g/mol. The summed E-state index contributed by atoms with van der Waals surface area (Å²) < 4.78 is 78.3. The minimum Gasteiger partial charge on any atom is -0.493 e. The first kappa shape index (κ1) is 28.0. The Morgan fingerprint density at radius 3 is 2.21 bits per heavy atom. The van der Waals surface area contributed by atoms with Gasteiger partial charge < -0.3 is 14.2 Å². The van der Waals surface area contributed by atoms with Gasteiger partial charge in [0.15, 0.2) is 11.5 Å². The topological polar surface area (TPSA) is 77.1 Å². The van der Waals surface area contributed by atoms with Crippen LogP contribution >= 0.6 is 12.4 Å². The van der Waals surface area contributed by atoms with Gasteiger partial charge in [-0.1, -0.05) is 0 Å². The maximum Gasteiger partial charge on any atom is 0.573 e. The fraction of sp³-hybridized carbons (Fsp3) is 0.455. The predicted molar refractivity (Wildman–Crippen MR) is 123 cm³/mol. The van der Waals surface area contributed by atoms with Crippen molar-refractivity contribution < 1.29 is 35.8 Å². The van der Waals surface area contributed by atoms with Gasteiger partial charge in [-0.25, -0.2) is 13.1 Å². The van der Waals surface area contributed by atoms with Gasteiger partial charge in [-0.3, -0.25) is 4.90 Å². The molecule has 1 aliphatic heterocycles. The largest absolute Gasteiger partial charge is 0.573 e. The molecule has 190 valence electrons. The standard InChI is InChI=1S/C22H27F3N2O5S.ClH/c1-30-20-13-16-9-12-27(15-17(16)14-21(20)31-2)11-4-3-10-26-33(28,29)19-7-5-18(6-8-19)32-22(23,24)25;/h5-8,13-14,26H,3-4,9-12,15H2,1-2H3;1H. The zero-order chi connectivity index (χ0) is 24.1. The molecule has 0 saturated carbocycles. The molecule has 0 radical (unpaired) electrons. The van der Waals surface area contributed by atoms with E-state index in [0.717, 1.165) is 62.5 Å². The normalized spacial score (nSPS) is 14.1. The molecule has 12 heteroatoms. The summed E-state index contributed by atoms with van der Waals surface area (Å²) in [7, 11) is -0.583. The number of nitrogens with one attached hydrogen (secondary N) is 1. The number of unbranched alkanes of at least 4 members (excludes halogenated alkanes) is 1. The number of ether oxygens (including phenoxy) is 3. The smallest absolute Gasteiger partial charge is 0.493 e. The number of sulfonamides is 1. The molecule has 0 aliphatic carbocycles. The Morgan fingerprint density at radius 1 is 1.00 bits per heavy atom. The number of rotatable bonds is 10. The van der Waals surface area contributed by atoms with Crippen LogP contribution in [0.1, 0.15) is 24.0 Å². The molecule has 0 spiro atoms.